The van der Waals surface area contributed by atoms with Gasteiger partial charge in [0.05, 0.1) is 6.61 Å². The topological polar surface area (TPSA) is 70.6 Å². The van der Waals surface area contributed by atoms with E-state index in [1.54, 1.807) is 0 Å². The lowest BCUT2D eigenvalue weighted by Gasteiger charge is -2.30. The number of nitrogens with one attached hydrogen (secondary N) is 2. The summed E-state index contributed by atoms with van der Waals surface area (Å²) in [5.74, 6) is 0.431. The first-order valence-corrected chi connectivity index (χ1v) is 6.53. The van der Waals surface area contributed by atoms with Gasteiger partial charge in [-0.05, 0) is 31.6 Å². The van der Waals surface area contributed by atoms with Gasteiger partial charge in [-0.3, -0.25) is 4.79 Å². The smallest absolute Gasteiger partial charge is 0.250 e. The minimum atomic E-state index is -0.334. The molecule has 1 aliphatic heterocycles. The number of ether oxygens (including phenoxy) is 1. The van der Waals surface area contributed by atoms with E-state index >= 15 is 0 Å². The molecule has 98 valence electrons. The maximum atomic E-state index is 11.9. The predicted octanol–water partition coefficient (Wildman–Crippen LogP) is -0.358. The Morgan fingerprint density at radius 2 is 2.12 bits per heavy atom. The molecular formula is C12H22N2O3. The van der Waals surface area contributed by atoms with E-state index in [-0.39, 0.29) is 24.7 Å². The fourth-order valence-corrected chi connectivity index (χ4v) is 2.52. The van der Waals surface area contributed by atoms with Gasteiger partial charge in [0.2, 0.25) is 0 Å². The lowest BCUT2D eigenvalue weighted by molar-refractivity contribution is -0.135. The zero-order chi connectivity index (χ0) is 12.1. The summed E-state index contributed by atoms with van der Waals surface area (Å²) in [7, 11) is 0. The van der Waals surface area contributed by atoms with E-state index in [0.29, 0.717) is 19.1 Å². The summed E-state index contributed by atoms with van der Waals surface area (Å²) in [6, 6.07) is 0.260. The van der Waals surface area contributed by atoms with Gasteiger partial charge in [-0.1, -0.05) is 0 Å². The second-order valence-electron chi connectivity index (χ2n) is 4.97. The number of aliphatic hydroxyl groups excluding tert-OH is 1. The molecule has 5 heteroatoms. The van der Waals surface area contributed by atoms with Gasteiger partial charge in [-0.15, -0.1) is 0 Å². The third-order valence-corrected chi connectivity index (χ3v) is 3.67. The van der Waals surface area contributed by atoms with Crippen LogP contribution in [0.5, 0.6) is 0 Å². The first-order chi connectivity index (χ1) is 8.29. The molecule has 0 radical (unpaired) electrons. The van der Waals surface area contributed by atoms with Crippen LogP contribution >= 0.6 is 0 Å². The molecule has 0 spiro atoms. The van der Waals surface area contributed by atoms with E-state index in [0.717, 1.165) is 32.2 Å². The van der Waals surface area contributed by atoms with Crippen molar-refractivity contribution in [2.24, 2.45) is 5.92 Å². The Hall–Kier alpha value is -0.650. The van der Waals surface area contributed by atoms with Crippen LogP contribution in [0.2, 0.25) is 0 Å². The van der Waals surface area contributed by atoms with Crippen molar-refractivity contribution in [3.05, 3.63) is 0 Å². The molecule has 2 fully saturated rings. The molecule has 2 rings (SSSR count). The zero-order valence-corrected chi connectivity index (χ0v) is 10.2. The maximum absolute atomic E-state index is 11.9. The molecule has 1 atom stereocenters. The van der Waals surface area contributed by atoms with Crippen molar-refractivity contribution >= 4 is 5.91 Å². The third kappa shape index (κ3) is 3.66. The second-order valence-corrected chi connectivity index (χ2v) is 4.97. The van der Waals surface area contributed by atoms with E-state index < -0.39 is 0 Å². The average molecular weight is 242 g/mol. The van der Waals surface area contributed by atoms with Crippen LogP contribution in [0.4, 0.5) is 0 Å². The number of amides is 1. The summed E-state index contributed by atoms with van der Waals surface area (Å²) >= 11 is 0. The molecule has 0 aromatic carbocycles. The Bertz CT molecular complexity index is 246. The van der Waals surface area contributed by atoms with Crippen molar-refractivity contribution in [3.8, 4) is 0 Å². The summed E-state index contributed by atoms with van der Waals surface area (Å²) in [4.78, 5) is 11.9. The van der Waals surface area contributed by atoms with Gasteiger partial charge < -0.3 is 20.5 Å². The summed E-state index contributed by atoms with van der Waals surface area (Å²) in [6.07, 6.45) is 3.62. The fourth-order valence-electron chi connectivity index (χ4n) is 2.52. The van der Waals surface area contributed by atoms with Gasteiger partial charge >= 0.3 is 0 Å². The minimum Gasteiger partial charge on any atom is -0.396 e. The van der Waals surface area contributed by atoms with Crippen molar-refractivity contribution in [3.63, 3.8) is 0 Å². The Labute approximate surface area is 102 Å². The highest BCUT2D eigenvalue weighted by Crippen LogP contribution is 2.23. The molecule has 1 heterocycles. The summed E-state index contributed by atoms with van der Waals surface area (Å²) in [5, 5.41) is 15.2. The van der Waals surface area contributed by atoms with Crippen molar-refractivity contribution in [2.75, 3.05) is 26.3 Å². The lowest BCUT2D eigenvalue weighted by Crippen LogP contribution is -2.50. The number of aliphatic hydroxyl groups is 1. The van der Waals surface area contributed by atoms with Gasteiger partial charge in [0.15, 0.2) is 0 Å². The third-order valence-electron chi connectivity index (χ3n) is 3.67. The Kier molecular flexibility index (Phi) is 4.76. The van der Waals surface area contributed by atoms with E-state index in [9.17, 15) is 4.79 Å². The first kappa shape index (κ1) is 12.8. The van der Waals surface area contributed by atoms with Crippen molar-refractivity contribution in [1.82, 2.24) is 10.6 Å². The first-order valence-electron chi connectivity index (χ1n) is 6.53. The molecule has 3 N–H and O–H groups in total. The summed E-state index contributed by atoms with van der Waals surface area (Å²) in [5.41, 5.74) is 0. The Balaban J connectivity index is 1.71. The predicted molar refractivity (Wildman–Crippen MR) is 63.6 cm³/mol. The van der Waals surface area contributed by atoms with Crippen molar-refractivity contribution < 1.29 is 14.6 Å². The van der Waals surface area contributed by atoms with Crippen LogP contribution in [0, 0.1) is 5.92 Å². The van der Waals surface area contributed by atoms with Crippen molar-refractivity contribution in [2.45, 2.75) is 37.8 Å². The average Bonchev–Trinajstić information content (AvgIpc) is 2.40. The fraction of sp³-hybridized carbons (Fsp3) is 0.917. The highest BCUT2D eigenvalue weighted by Gasteiger charge is 2.26. The van der Waals surface area contributed by atoms with Gasteiger partial charge in [0.1, 0.15) is 6.10 Å². The molecule has 1 saturated carbocycles. The van der Waals surface area contributed by atoms with Gasteiger partial charge in [0.25, 0.3) is 5.91 Å². The zero-order valence-electron chi connectivity index (χ0n) is 10.2. The van der Waals surface area contributed by atoms with Crippen LogP contribution in [0.25, 0.3) is 0 Å². The van der Waals surface area contributed by atoms with E-state index in [1.165, 1.54) is 0 Å². The number of carbonyl (C=O) groups is 1. The van der Waals surface area contributed by atoms with Crippen LogP contribution in [-0.4, -0.2) is 49.5 Å². The van der Waals surface area contributed by atoms with Gasteiger partial charge in [-0.2, -0.15) is 0 Å². The number of hydrogen-bond acceptors (Lipinski definition) is 4. The van der Waals surface area contributed by atoms with Gasteiger partial charge in [0, 0.05) is 25.7 Å². The number of carbonyl (C=O) groups excluding carboxylic acids is 1. The molecule has 0 aromatic heterocycles. The van der Waals surface area contributed by atoms with E-state index in [4.69, 9.17) is 9.84 Å². The quantitative estimate of drug-likeness (QED) is 0.632. The lowest BCUT2D eigenvalue weighted by atomic mass is 9.86. The maximum Gasteiger partial charge on any atom is 0.250 e. The normalized spacial score (nSPS) is 34.3. The number of morpholine rings is 1. The highest BCUT2D eigenvalue weighted by atomic mass is 16.5. The molecular weight excluding hydrogens is 220 g/mol. The standard InChI is InChI=1S/C12H22N2O3/c15-8-9-1-3-10(4-2-9)14-12(16)11-7-13-5-6-17-11/h9-11,13,15H,1-8H2,(H,14,16). The van der Waals surface area contributed by atoms with Crippen LogP contribution in [0.1, 0.15) is 25.7 Å². The molecule has 2 aliphatic rings. The summed E-state index contributed by atoms with van der Waals surface area (Å²) in [6.45, 7) is 2.31. The molecule has 0 aromatic rings. The largest absolute Gasteiger partial charge is 0.396 e. The van der Waals surface area contributed by atoms with Crippen LogP contribution < -0.4 is 10.6 Å². The van der Waals surface area contributed by atoms with Crippen molar-refractivity contribution in [1.29, 1.82) is 0 Å². The Morgan fingerprint density at radius 1 is 1.35 bits per heavy atom. The van der Waals surface area contributed by atoms with E-state index in [1.807, 2.05) is 0 Å². The molecule has 1 unspecified atom stereocenters. The monoisotopic (exact) mass is 242 g/mol. The molecule has 5 nitrogen and oxygen atoms in total. The SMILES string of the molecule is O=C(NC1CCC(CO)CC1)C1CNCCO1. The molecule has 17 heavy (non-hydrogen) atoms. The molecule has 1 amide bonds. The second kappa shape index (κ2) is 6.33. The van der Waals surface area contributed by atoms with E-state index in [2.05, 4.69) is 10.6 Å². The highest BCUT2D eigenvalue weighted by molar-refractivity contribution is 5.81. The summed E-state index contributed by atoms with van der Waals surface area (Å²) < 4.78 is 5.41. The molecule has 0 bridgehead atoms. The number of rotatable bonds is 3. The molecule has 1 aliphatic carbocycles. The molecule has 1 saturated heterocycles. The van der Waals surface area contributed by atoms with Gasteiger partial charge in [-0.25, -0.2) is 0 Å². The Morgan fingerprint density at radius 3 is 2.71 bits per heavy atom. The number of hydrogen-bond donors (Lipinski definition) is 3. The van der Waals surface area contributed by atoms with Crippen LogP contribution in [-0.2, 0) is 9.53 Å². The van der Waals surface area contributed by atoms with Crippen LogP contribution in [0.15, 0.2) is 0 Å². The minimum absolute atomic E-state index is 0.00430. The van der Waals surface area contributed by atoms with Crippen LogP contribution in [0.3, 0.4) is 0 Å².